The van der Waals surface area contributed by atoms with Gasteiger partial charge in [0.15, 0.2) is 5.78 Å². The number of aliphatic hydroxyl groups excluding tert-OH is 1. The van der Waals surface area contributed by atoms with Crippen LogP contribution in [-0.2, 0) is 13.2 Å². The predicted octanol–water partition coefficient (Wildman–Crippen LogP) is 2.80. The van der Waals surface area contributed by atoms with E-state index in [1.807, 2.05) is 19.0 Å². The third kappa shape index (κ3) is 3.42. The zero-order valence-electron chi connectivity index (χ0n) is 14.7. The summed E-state index contributed by atoms with van der Waals surface area (Å²) in [6, 6.07) is 12.9. The first-order valence-corrected chi connectivity index (χ1v) is 8.22. The van der Waals surface area contributed by atoms with Gasteiger partial charge in [-0.25, -0.2) is 9.37 Å². The minimum Gasteiger partial charge on any atom is -0.390 e. The van der Waals surface area contributed by atoms with E-state index in [1.165, 1.54) is 12.1 Å². The molecule has 3 rings (SSSR count). The maximum absolute atomic E-state index is 14.1. The van der Waals surface area contributed by atoms with Crippen LogP contribution in [0.3, 0.4) is 0 Å². The standard InChI is InChI=1S/C20H20FN3O2/c1-23(2)12-19-22-11-14(13-25)24(19)18-10-6-4-8-16(18)20(26)15-7-3-5-9-17(15)21/h3-11,25H,12-13H2,1-2H3. The van der Waals surface area contributed by atoms with Gasteiger partial charge in [0.25, 0.3) is 0 Å². The number of halogens is 1. The van der Waals surface area contributed by atoms with Crippen molar-refractivity contribution in [2.75, 3.05) is 14.1 Å². The van der Waals surface area contributed by atoms with Gasteiger partial charge in [-0.2, -0.15) is 0 Å². The average molecular weight is 353 g/mol. The third-order valence-electron chi connectivity index (χ3n) is 4.04. The van der Waals surface area contributed by atoms with E-state index in [-0.39, 0.29) is 12.2 Å². The zero-order chi connectivity index (χ0) is 18.7. The van der Waals surface area contributed by atoms with Crippen LogP contribution < -0.4 is 0 Å². The van der Waals surface area contributed by atoms with E-state index >= 15 is 0 Å². The molecule has 2 aromatic carbocycles. The van der Waals surface area contributed by atoms with Crippen molar-refractivity contribution in [1.82, 2.24) is 14.5 Å². The number of carbonyl (C=O) groups excluding carboxylic acids is 1. The normalized spacial score (nSPS) is 11.1. The van der Waals surface area contributed by atoms with Gasteiger partial charge in [0, 0.05) is 5.56 Å². The van der Waals surface area contributed by atoms with Gasteiger partial charge in [0.2, 0.25) is 0 Å². The molecule has 0 saturated heterocycles. The van der Waals surface area contributed by atoms with E-state index < -0.39 is 11.6 Å². The number of imidazole rings is 1. The summed E-state index contributed by atoms with van der Waals surface area (Å²) in [5.41, 5.74) is 1.50. The Bertz CT molecular complexity index is 934. The second-order valence-electron chi connectivity index (χ2n) is 6.22. The van der Waals surface area contributed by atoms with Crippen molar-refractivity contribution >= 4 is 5.78 Å². The maximum atomic E-state index is 14.1. The van der Waals surface area contributed by atoms with Crippen LogP contribution in [0.4, 0.5) is 4.39 Å². The number of carbonyl (C=O) groups is 1. The van der Waals surface area contributed by atoms with E-state index in [0.29, 0.717) is 29.3 Å². The minimum atomic E-state index is -0.561. The largest absolute Gasteiger partial charge is 0.390 e. The molecule has 0 fully saturated rings. The van der Waals surface area contributed by atoms with Crippen molar-refractivity contribution in [2.45, 2.75) is 13.2 Å². The number of rotatable bonds is 6. The topological polar surface area (TPSA) is 58.4 Å². The average Bonchev–Trinajstić information content (AvgIpc) is 3.03. The Morgan fingerprint density at radius 3 is 2.42 bits per heavy atom. The molecule has 1 aromatic heterocycles. The molecule has 26 heavy (non-hydrogen) atoms. The SMILES string of the molecule is CN(C)Cc1ncc(CO)n1-c1ccccc1C(=O)c1ccccc1F. The quantitative estimate of drug-likeness (QED) is 0.693. The van der Waals surface area contributed by atoms with Crippen LogP contribution in [0.5, 0.6) is 0 Å². The summed E-state index contributed by atoms with van der Waals surface area (Å²) in [5, 5.41) is 9.70. The molecule has 1 N–H and O–H groups in total. The molecule has 3 aromatic rings. The van der Waals surface area contributed by atoms with E-state index in [9.17, 15) is 14.3 Å². The fourth-order valence-corrected chi connectivity index (χ4v) is 2.88. The monoisotopic (exact) mass is 353 g/mol. The van der Waals surface area contributed by atoms with Crippen LogP contribution in [0.25, 0.3) is 5.69 Å². The highest BCUT2D eigenvalue weighted by molar-refractivity contribution is 6.11. The molecule has 5 nitrogen and oxygen atoms in total. The number of nitrogens with zero attached hydrogens (tertiary/aromatic N) is 3. The first kappa shape index (κ1) is 18.0. The summed E-state index contributed by atoms with van der Waals surface area (Å²) >= 11 is 0. The number of ketones is 1. The van der Waals surface area contributed by atoms with Gasteiger partial charge in [-0.1, -0.05) is 24.3 Å². The number of aliphatic hydroxyl groups is 1. The number of aromatic nitrogens is 2. The molecule has 0 spiro atoms. The lowest BCUT2D eigenvalue weighted by atomic mass is 10.0. The Labute approximate surface area is 151 Å². The van der Waals surface area contributed by atoms with E-state index in [2.05, 4.69) is 4.98 Å². The summed E-state index contributed by atoms with van der Waals surface area (Å²) in [5.74, 6) is -0.284. The molecule has 134 valence electrons. The molecule has 0 aliphatic carbocycles. The van der Waals surface area contributed by atoms with Crippen molar-refractivity contribution in [2.24, 2.45) is 0 Å². The highest BCUT2D eigenvalue weighted by atomic mass is 19.1. The summed E-state index contributed by atoms with van der Waals surface area (Å²) in [6.07, 6.45) is 1.59. The molecule has 6 heteroatoms. The Kier molecular flexibility index (Phi) is 5.25. The van der Waals surface area contributed by atoms with Gasteiger partial charge in [0.05, 0.1) is 36.3 Å². The minimum absolute atomic E-state index is 0.0137. The van der Waals surface area contributed by atoms with Gasteiger partial charge in [0.1, 0.15) is 11.6 Å². The number of hydrogen-bond acceptors (Lipinski definition) is 4. The third-order valence-corrected chi connectivity index (χ3v) is 4.04. The van der Waals surface area contributed by atoms with Crippen molar-refractivity contribution < 1.29 is 14.3 Å². The Morgan fingerprint density at radius 2 is 1.77 bits per heavy atom. The highest BCUT2D eigenvalue weighted by Crippen LogP contribution is 2.23. The Hall–Kier alpha value is -2.83. The van der Waals surface area contributed by atoms with Gasteiger partial charge < -0.3 is 10.0 Å². The first-order valence-electron chi connectivity index (χ1n) is 8.22. The van der Waals surface area contributed by atoms with E-state index in [4.69, 9.17) is 0 Å². The molecule has 0 aliphatic heterocycles. The van der Waals surface area contributed by atoms with Crippen molar-refractivity contribution in [3.05, 3.63) is 83.2 Å². The van der Waals surface area contributed by atoms with E-state index in [0.717, 1.165) is 0 Å². The summed E-state index contributed by atoms with van der Waals surface area (Å²) in [7, 11) is 3.82. The first-order chi connectivity index (χ1) is 12.5. The van der Waals surface area contributed by atoms with Crippen LogP contribution in [0.15, 0.2) is 54.7 Å². The lowest BCUT2D eigenvalue weighted by Gasteiger charge is -2.17. The lowest BCUT2D eigenvalue weighted by molar-refractivity contribution is 0.103. The van der Waals surface area contributed by atoms with Gasteiger partial charge in [-0.05, 0) is 38.4 Å². The molecule has 0 bridgehead atoms. The van der Waals surface area contributed by atoms with Gasteiger partial charge >= 0.3 is 0 Å². The van der Waals surface area contributed by atoms with Gasteiger partial charge in [-0.3, -0.25) is 9.36 Å². The predicted molar refractivity (Wildman–Crippen MR) is 96.7 cm³/mol. The maximum Gasteiger partial charge on any atom is 0.198 e. The van der Waals surface area contributed by atoms with Crippen LogP contribution in [0.1, 0.15) is 27.4 Å². The van der Waals surface area contributed by atoms with Crippen LogP contribution in [-0.4, -0.2) is 39.4 Å². The molecule has 0 saturated carbocycles. The number of hydrogen-bond donors (Lipinski definition) is 1. The van der Waals surface area contributed by atoms with Crippen molar-refractivity contribution in [1.29, 1.82) is 0 Å². The number of benzene rings is 2. The second-order valence-corrected chi connectivity index (χ2v) is 6.22. The van der Waals surface area contributed by atoms with Crippen LogP contribution in [0, 0.1) is 5.82 Å². The van der Waals surface area contributed by atoms with Crippen molar-refractivity contribution in [3.8, 4) is 5.69 Å². The summed E-state index contributed by atoms with van der Waals surface area (Å²) in [4.78, 5) is 19.3. The van der Waals surface area contributed by atoms with Gasteiger partial charge in [-0.15, -0.1) is 0 Å². The second kappa shape index (κ2) is 7.59. The van der Waals surface area contributed by atoms with Crippen LogP contribution in [0.2, 0.25) is 0 Å². The molecule has 1 heterocycles. The zero-order valence-corrected chi connectivity index (χ0v) is 14.7. The smallest absolute Gasteiger partial charge is 0.198 e. The van der Waals surface area contributed by atoms with E-state index in [1.54, 1.807) is 47.2 Å². The Morgan fingerprint density at radius 1 is 1.12 bits per heavy atom. The number of para-hydroxylation sites is 1. The molecular weight excluding hydrogens is 333 g/mol. The lowest BCUT2D eigenvalue weighted by Crippen LogP contribution is -2.18. The molecule has 0 aliphatic rings. The molecule has 0 unspecified atom stereocenters. The molecule has 0 amide bonds. The van der Waals surface area contributed by atoms with Crippen molar-refractivity contribution in [3.63, 3.8) is 0 Å². The molecule has 0 radical (unpaired) electrons. The highest BCUT2D eigenvalue weighted by Gasteiger charge is 2.21. The Balaban J connectivity index is 2.16. The molecule has 0 atom stereocenters. The summed E-state index contributed by atoms with van der Waals surface area (Å²) < 4.78 is 15.9. The molecular formula is C20H20FN3O2. The summed E-state index contributed by atoms with van der Waals surface area (Å²) in [6.45, 7) is 0.310. The fourth-order valence-electron chi connectivity index (χ4n) is 2.88. The van der Waals surface area contributed by atoms with Crippen LogP contribution >= 0.6 is 0 Å². The fraction of sp³-hybridized carbons (Fsp3) is 0.200.